The van der Waals surface area contributed by atoms with Crippen LogP contribution in [0.3, 0.4) is 0 Å². The Bertz CT molecular complexity index is 454. The first-order valence-corrected chi connectivity index (χ1v) is 7.99. The van der Waals surface area contributed by atoms with Crippen LogP contribution in [0.1, 0.15) is 49.7 Å². The van der Waals surface area contributed by atoms with Crippen LogP contribution in [0.15, 0.2) is 18.2 Å². The third-order valence-electron chi connectivity index (χ3n) is 5.12. The zero-order valence-electron chi connectivity index (χ0n) is 12.2. The SMILES string of the molecule is NCc1cc(F)ccc1CN1CCCC1C1CCCC1. The Morgan fingerprint density at radius 3 is 2.65 bits per heavy atom. The van der Waals surface area contributed by atoms with E-state index in [1.807, 2.05) is 6.07 Å². The number of rotatable bonds is 4. The summed E-state index contributed by atoms with van der Waals surface area (Å²) in [4.78, 5) is 2.61. The second-order valence-electron chi connectivity index (χ2n) is 6.34. The molecule has 1 atom stereocenters. The van der Waals surface area contributed by atoms with Crippen molar-refractivity contribution in [2.75, 3.05) is 6.54 Å². The van der Waals surface area contributed by atoms with E-state index in [0.717, 1.165) is 24.1 Å². The topological polar surface area (TPSA) is 29.3 Å². The number of likely N-dealkylation sites (tertiary alicyclic amines) is 1. The van der Waals surface area contributed by atoms with E-state index in [1.54, 1.807) is 12.1 Å². The van der Waals surface area contributed by atoms with Crippen molar-refractivity contribution in [1.29, 1.82) is 0 Å². The second-order valence-corrected chi connectivity index (χ2v) is 6.34. The van der Waals surface area contributed by atoms with Gasteiger partial charge in [-0.2, -0.15) is 0 Å². The molecule has 1 aliphatic heterocycles. The molecule has 1 saturated heterocycles. The summed E-state index contributed by atoms with van der Waals surface area (Å²) in [5.74, 6) is 0.710. The molecule has 1 aliphatic carbocycles. The zero-order chi connectivity index (χ0) is 13.9. The first kappa shape index (κ1) is 14.0. The lowest BCUT2D eigenvalue weighted by Crippen LogP contribution is -2.34. The summed E-state index contributed by atoms with van der Waals surface area (Å²) in [6.45, 7) is 2.55. The molecule has 110 valence electrons. The third kappa shape index (κ3) is 2.89. The molecule has 0 spiro atoms. The standard InChI is InChI=1S/C17H25FN2/c18-16-8-7-14(15(10-16)11-19)12-20-9-3-6-17(20)13-4-1-2-5-13/h7-8,10,13,17H,1-6,9,11-12,19H2. The molecule has 2 fully saturated rings. The molecule has 2 N–H and O–H groups in total. The lowest BCUT2D eigenvalue weighted by atomic mass is 9.95. The summed E-state index contributed by atoms with van der Waals surface area (Å²) in [5, 5.41) is 0. The van der Waals surface area contributed by atoms with Gasteiger partial charge in [-0.25, -0.2) is 4.39 Å². The minimum Gasteiger partial charge on any atom is -0.326 e. The first-order chi connectivity index (χ1) is 9.78. The molecule has 20 heavy (non-hydrogen) atoms. The highest BCUT2D eigenvalue weighted by atomic mass is 19.1. The van der Waals surface area contributed by atoms with Gasteiger partial charge >= 0.3 is 0 Å². The van der Waals surface area contributed by atoms with Gasteiger partial charge in [0, 0.05) is 19.1 Å². The van der Waals surface area contributed by atoms with Crippen LogP contribution < -0.4 is 5.73 Å². The predicted molar refractivity (Wildman–Crippen MR) is 79.7 cm³/mol. The van der Waals surface area contributed by atoms with Gasteiger partial charge in [-0.1, -0.05) is 18.9 Å². The summed E-state index contributed by atoms with van der Waals surface area (Å²) >= 11 is 0. The number of nitrogens with two attached hydrogens (primary N) is 1. The fourth-order valence-electron chi connectivity index (χ4n) is 4.08. The average Bonchev–Trinajstić information content (AvgIpc) is 3.11. The average molecular weight is 276 g/mol. The third-order valence-corrected chi connectivity index (χ3v) is 5.12. The van der Waals surface area contributed by atoms with Crippen LogP contribution in [0, 0.1) is 11.7 Å². The van der Waals surface area contributed by atoms with Gasteiger partial charge in [0.2, 0.25) is 0 Å². The van der Waals surface area contributed by atoms with E-state index in [0.29, 0.717) is 6.54 Å². The molecule has 0 bridgehead atoms. The Balaban J connectivity index is 1.73. The molecular formula is C17H25FN2. The van der Waals surface area contributed by atoms with Crippen molar-refractivity contribution >= 4 is 0 Å². The quantitative estimate of drug-likeness (QED) is 0.912. The number of benzene rings is 1. The predicted octanol–water partition coefficient (Wildman–Crippen LogP) is 3.44. The number of nitrogens with zero attached hydrogens (tertiary/aromatic N) is 1. The minimum absolute atomic E-state index is 0.178. The van der Waals surface area contributed by atoms with E-state index in [-0.39, 0.29) is 5.82 Å². The second kappa shape index (κ2) is 6.23. The molecule has 1 heterocycles. The highest BCUT2D eigenvalue weighted by molar-refractivity contribution is 5.28. The van der Waals surface area contributed by atoms with E-state index in [4.69, 9.17) is 5.73 Å². The van der Waals surface area contributed by atoms with Crippen molar-refractivity contribution in [1.82, 2.24) is 4.90 Å². The largest absolute Gasteiger partial charge is 0.326 e. The van der Waals surface area contributed by atoms with Gasteiger partial charge in [-0.15, -0.1) is 0 Å². The molecule has 2 nitrogen and oxygen atoms in total. The van der Waals surface area contributed by atoms with Gasteiger partial charge in [0.25, 0.3) is 0 Å². The summed E-state index contributed by atoms with van der Waals surface area (Å²) in [6, 6.07) is 5.82. The van der Waals surface area contributed by atoms with Crippen molar-refractivity contribution in [2.24, 2.45) is 11.7 Å². The summed E-state index contributed by atoms with van der Waals surface area (Å²) in [7, 11) is 0. The Hall–Kier alpha value is -0.930. The summed E-state index contributed by atoms with van der Waals surface area (Å²) in [5.41, 5.74) is 7.93. The van der Waals surface area contributed by atoms with E-state index < -0.39 is 0 Å². The maximum Gasteiger partial charge on any atom is 0.123 e. The molecule has 2 aliphatic rings. The highest BCUT2D eigenvalue weighted by Gasteiger charge is 2.33. The fourth-order valence-corrected chi connectivity index (χ4v) is 4.08. The smallest absolute Gasteiger partial charge is 0.123 e. The number of hydrogen-bond acceptors (Lipinski definition) is 2. The Kier molecular flexibility index (Phi) is 4.37. The number of hydrogen-bond donors (Lipinski definition) is 1. The molecule has 0 aromatic heterocycles. The van der Waals surface area contributed by atoms with Crippen molar-refractivity contribution < 1.29 is 4.39 Å². The lowest BCUT2D eigenvalue weighted by Gasteiger charge is -2.30. The Labute approximate surface area is 121 Å². The first-order valence-electron chi connectivity index (χ1n) is 7.99. The Morgan fingerprint density at radius 2 is 1.90 bits per heavy atom. The van der Waals surface area contributed by atoms with E-state index >= 15 is 0 Å². The Morgan fingerprint density at radius 1 is 1.10 bits per heavy atom. The van der Waals surface area contributed by atoms with Crippen molar-refractivity contribution in [3.8, 4) is 0 Å². The van der Waals surface area contributed by atoms with Crippen LogP contribution in [0.2, 0.25) is 0 Å². The summed E-state index contributed by atoms with van der Waals surface area (Å²) in [6.07, 6.45) is 8.24. The van der Waals surface area contributed by atoms with Crippen LogP contribution in [0.25, 0.3) is 0 Å². The van der Waals surface area contributed by atoms with Crippen LogP contribution in [-0.2, 0) is 13.1 Å². The minimum atomic E-state index is -0.178. The molecule has 3 rings (SSSR count). The van der Waals surface area contributed by atoms with Gasteiger partial charge in [0.15, 0.2) is 0 Å². The van der Waals surface area contributed by atoms with Gasteiger partial charge < -0.3 is 5.73 Å². The van der Waals surface area contributed by atoms with Gasteiger partial charge in [-0.05, 0) is 61.4 Å². The zero-order valence-corrected chi connectivity index (χ0v) is 12.2. The molecule has 1 aromatic carbocycles. The maximum absolute atomic E-state index is 13.3. The van der Waals surface area contributed by atoms with Crippen LogP contribution in [-0.4, -0.2) is 17.5 Å². The fraction of sp³-hybridized carbons (Fsp3) is 0.647. The van der Waals surface area contributed by atoms with Gasteiger partial charge in [0.05, 0.1) is 0 Å². The molecule has 3 heteroatoms. The molecule has 1 saturated carbocycles. The molecular weight excluding hydrogens is 251 g/mol. The number of halogens is 1. The summed E-state index contributed by atoms with van der Waals surface area (Å²) < 4.78 is 13.3. The molecule has 0 amide bonds. The van der Waals surface area contributed by atoms with Gasteiger partial charge in [-0.3, -0.25) is 4.90 Å². The van der Waals surface area contributed by atoms with Crippen LogP contribution in [0.4, 0.5) is 4.39 Å². The van der Waals surface area contributed by atoms with Crippen molar-refractivity contribution in [2.45, 2.75) is 57.7 Å². The van der Waals surface area contributed by atoms with Crippen molar-refractivity contribution in [3.05, 3.63) is 35.1 Å². The highest BCUT2D eigenvalue weighted by Crippen LogP contribution is 2.36. The van der Waals surface area contributed by atoms with Crippen LogP contribution in [0.5, 0.6) is 0 Å². The van der Waals surface area contributed by atoms with E-state index in [1.165, 1.54) is 50.6 Å². The van der Waals surface area contributed by atoms with Gasteiger partial charge in [0.1, 0.15) is 5.82 Å². The molecule has 1 unspecified atom stereocenters. The van der Waals surface area contributed by atoms with E-state index in [9.17, 15) is 4.39 Å². The van der Waals surface area contributed by atoms with Crippen molar-refractivity contribution in [3.63, 3.8) is 0 Å². The monoisotopic (exact) mass is 276 g/mol. The van der Waals surface area contributed by atoms with E-state index in [2.05, 4.69) is 4.90 Å². The van der Waals surface area contributed by atoms with Crippen LogP contribution >= 0.6 is 0 Å². The molecule has 1 aromatic rings. The molecule has 0 radical (unpaired) electrons. The normalized spacial score (nSPS) is 24.6. The maximum atomic E-state index is 13.3. The lowest BCUT2D eigenvalue weighted by molar-refractivity contribution is 0.182.